The van der Waals surface area contributed by atoms with Gasteiger partial charge in [0.25, 0.3) is 11.8 Å². The molecular weight excluding hydrogens is 416 g/mol. The monoisotopic (exact) mass is 442 g/mol. The van der Waals surface area contributed by atoms with E-state index >= 15 is 0 Å². The average molecular weight is 442 g/mol. The Kier molecular flexibility index (Phi) is 6.13. The van der Waals surface area contributed by atoms with E-state index in [4.69, 9.17) is 14.0 Å². The minimum absolute atomic E-state index is 0.0784. The van der Waals surface area contributed by atoms with Gasteiger partial charge in [-0.25, -0.2) is 0 Å². The molecule has 3 heterocycles. The SMILES string of the molecule is CNC(=O)C[C@H]1CC[C@H]2[C@H](COc3ccc(NC(=O)c4cc(C)on4)cc3C(=O)N2C)O1. The van der Waals surface area contributed by atoms with Crippen LogP contribution in [-0.4, -0.2) is 66.7 Å². The lowest BCUT2D eigenvalue weighted by Gasteiger charge is -2.42. The van der Waals surface area contributed by atoms with Crippen LogP contribution in [0.4, 0.5) is 5.69 Å². The number of ether oxygens (including phenoxy) is 2. The maximum atomic E-state index is 13.2. The normalized spacial score (nSPS) is 22.7. The number of hydrogen-bond donors (Lipinski definition) is 2. The van der Waals surface area contributed by atoms with Gasteiger partial charge in [0.2, 0.25) is 5.91 Å². The van der Waals surface area contributed by atoms with Gasteiger partial charge in [-0.3, -0.25) is 14.4 Å². The number of anilines is 1. The molecule has 3 amide bonds. The third kappa shape index (κ3) is 4.45. The molecular formula is C22H26N4O6. The first-order valence-electron chi connectivity index (χ1n) is 10.5. The van der Waals surface area contributed by atoms with Crippen LogP contribution in [0.5, 0.6) is 5.75 Å². The van der Waals surface area contributed by atoms with Crippen LogP contribution in [0.1, 0.15) is 45.9 Å². The van der Waals surface area contributed by atoms with E-state index in [0.717, 1.165) is 0 Å². The summed E-state index contributed by atoms with van der Waals surface area (Å²) in [5, 5.41) is 9.04. The lowest BCUT2D eigenvalue weighted by atomic mass is 9.94. The van der Waals surface area contributed by atoms with Crippen LogP contribution in [-0.2, 0) is 9.53 Å². The summed E-state index contributed by atoms with van der Waals surface area (Å²) in [5.41, 5.74) is 0.956. The van der Waals surface area contributed by atoms with Crippen LogP contribution in [0, 0.1) is 6.92 Å². The molecule has 0 radical (unpaired) electrons. The van der Waals surface area contributed by atoms with Crippen LogP contribution in [0.15, 0.2) is 28.8 Å². The largest absolute Gasteiger partial charge is 0.490 e. The van der Waals surface area contributed by atoms with Crippen molar-refractivity contribution in [1.82, 2.24) is 15.4 Å². The first-order valence-corrected chi connectivity index (χ1v) is 10.5. The van der Waals surface area contributed by atoms with Crippen LogP contribution >= 0.6 is 0 Å². The number of rotatable bonds is 4. The van der Waals surface area contributed by atoms with E-state index in [9.17, 15) is 14.4 Å². The van der Waals surface area contributed by atoms with Crippen molar-refractivity contribution in [3.8, 4) is 5.75 Å². The minimum atomic E-state index is -0.433. The summed E-state index contributed by atoms with van der Waals surface area (Å²) in [6, 6.07) is 6.26. The summed E-state index contributed by atoms with van der Waals surface area (Å²) in [6.45, 7) is 1.95. The van der Waals surface area contributed by atoms with Gasteiger partial charge in [0.15, 0.2) is 5.69 Å². The fraction of sp³-hybridized carbons (Fsp3) is 0.455. The van der Waals surface area contributed by atoms with Crippen molar-refractivity contribution >= 4 is 23.4 Å². The second kappa shape index (κ2) is 8.99. The number of hydrogen-bond acceptors (Lipinski definition) is 7. The van der Waals surface area contributed by atoms with Crippen LogP contribution in [0.3, 0.4) is 0 Å². The maximum Gasteiger partial charge on any atom is 0.277 e. The molecule has 1 aromatic carbocycles. The summed E-state index contributed by atoms with van der Waals surface area (Å²) < 4.78 is 17.0. The Labute approximate surface area is 185 Å². The number of carbonyl (C=O) groups excluding carboxylic acids is 3. The number of benzene rings is 1. The van der Waals surface area contributed by atoms with Gasteiger partial charge in [-0.15, -0.1) is 0 Å². The van der Waals surface area contributed by atoms with Crippen molar-refractivity contribution in [1.29, 1.82) is 0 Å². The third-order valence-corrected chi connectivity index (χ3v) is 5.82. The molecule has 2 aromatic rings. The lowest BCUT2D eigenvalue weighted by Crippen LogP contribution is -2.53. The second-order valence-electron chi connectivity index (χ2n) is 8.03. The number of aryl methyl sites for hydroxylation is 1. The molecule has 1 fully saturated rings. The first-order chi connectivity index (χ1) is 15.4. The van der Waals surface area contributed by atoms with Gasteiger partial charge < -0.3 is 29.5 Å². The Morgan fingerprint density at radius 2 is 2.06 bits per heavy atom. The highest BCUT2D eigenvalue weighted by Crippen LogP contribution is 2.32. The number of aromatic nitrogens is 1. The standard InChI is InChI=1S/C22H26N4O6/c1-12-8-16(25-32-12)21(28)24-13-4-7-18-15(9-13)22(29)26(3)17-6-5-14(10-20(27)23-2)31-19(17)11-30-18/h4,7-9,14,17,19H,5-6,10-11H2,1-3H3,(H,23,27)(H,24,28)/t14-,17+,19+/m1/s1. The molecule has 0 bridgehead atoms. The van der Waals surface area contributed by atoms with Crippen LogP contribution < -0.4 is 15.4 Å². The molecule has 0 saturated carbocycles. The third-order valence-electron chi connectivity index (χ3n) is 5.82. The van der Waals surface area contributed by atoms with Gasteiger partial charge in [0, 0.05) is 25.8 Å². The van der Waals surface area contributed by atoms with E-state index in [1.54, 1.807) is 44.1 Å². The van der Waals surface area contributed by atoms with E-state index in [2.05, 4.69) is 15.8 Å². The number of nitrogens with one attached hydrogen (secondary N) is 2. The fourth-order valence-corrected chi connectivity index (χ4v) is 4.08. The second-order valence-corrected chi connectivity index (χ2v) is 8.03. The molecule has 32 heavy (non-hydrogen) atoms. The molecule has 1 saturated heterocycles. The molecule has 10 heteroatoms. The highest BCUT2D eigenvalue weighted by Gasteiger charge is 2.39. The fourth-order valence-electron chi connectivity index (χ4n) is 4.08. The molecule has 4 rings (SSSR count). The number of amides is 3. The zero-order chi connectivity index (χ0) is 22.8. The summed E-state index contributed by atoms with van der Waals surface area (Å²) >= 11 is 0. The van der Waals surface area contributed by atoms with E-state index in [1.807, 2.05) is 0 Å². The smallest absolute Gasteiger partial charge is 0.277 e. The predicted molar refractivity (Wildman–Crippen MR) is 114 cm³/mol. The van der Waals surface area contributed by atoms with Crippen molar-refractivity contribution in [2.24, 2.45) is 0 Å². The molecule has 2 aliphatic rings. The maximum absolute atomic E-state index is 13.2. The Hall–Kier alpha value is -3.40. The lowest BCUT2D eigenvalue weighted by molar-refractivity contribution is -0.133. The highest BCUT2D eigenvalue weighted by atomic mass is 16.5. The molecule has 3 atom stereocenters. The molecule has 2 aliphatic heterocycles. The molecule has 10 nitrogen and oxygen atoms in total. The van der Waals surface area contributed by atoms with Crippen molar-refractivity contribution in [3.05, 3.63) is 41.3 Å². The van der Waals surface area contributed by atoms with Crippen molar-refractivity contribution in [2.75, 3.05) is 26.0 Å². The highest BCUT2D eigenvalue weighted by molar-refractivity contribution is 6.04. The van der Waals surface area contributed by atoms with E-state index in [0.29, 0.717) is 35.6 Å². The average Bonchev–Trinajstić information content (AvgIpc) is 3.23. The zero-order valence-electron chi connectivity index (χ0n) is 18.2. The Bertz CT molecular complexity index is 1040. The van der Waals surface area contributed by atoms with Gasteiger partial charge in [-0.05, 0) is 38.0 Å². The van der Waals surface area contributed by atoms with Gasteiger partial charge in [0.1, 0.15) is 24.2 Å². The van der Waals surface area contributed by atoms with Gasteiger partial charge in [-0.2, -0.15) is 0 Å². The Morgan fingerprint density at radius 1 is 1.25 bits per heavy atom. The first kappa shape index (κ1) is 21.8. The molecule has 2 N–H and O–H groups in total. The van der Waals surface area contributed by atoms with Crippen molar-refractivity contribution in [2.45, 2.75) is 44.4 Å². The minimum Gasteiger partial charge on any atom is -0.490 e. The van der Waals surface area contributed by atoms with Crippen LogP contribution in [0.25, 0.3) is 0 Å². The van der Waals surface area contributed by atoms with Gasteiger partial charge >= 0.3 is 0 Å². The molecule has 0 spiro atoms. The molecule has 0 aliphatic carbocycles. The molecule has 0 unspecified atom stereocenters. The number of nitrogens with zero attached hydrogens (tertiary/aromatic N) is 2. The van der Waals surface area contributed by atoms with Crippen molar-refractivity contribution in [3.63, 3.8) is 0 Å². The predicted octanol–water partition coefficient (Wildman–Crippen LogP) is 1.75. The van der Waals surface area contributed by atoms with Crippen LogP contribution in [0.2, 0.25) is 0 Å². The summed E-state index contributed by atoms with van der Waals surface area (Å²) in [6.07, 6.45) is 1.11. The summed E-state index contributed by atoms with van der Waals surface area (Å²) in [5.74, 6) is 0.201. The van der Waals surface area contributed by atoms with E-state index < -0.39 is 5.91 Å². The Balaban J connectivity index is 1.51. The number of fused-ring (bicyclic) bond motifs is 2. The number of carbonyl (C=O) groups is 3. The quantitative estimate of drug-likeness (QED) is 0.739. The topological polar surface area (TPSA) is 123 Å². The van der Waals surface area contributed by atoms with Crippen molar-refractivity contribution < 1.29 is 28.4 Å². The van der Waals surface area contributed by atoms with Gasteiger partial charge in [-0.1, -0.05) is 5.16 Å². The number of likely N-dealkylation sites (N-methyl/N-ethyl adjacent to an activating group) is 1. The summed E-state index contributed by atoms with van der Waals surface area (Å²) in [4.78, 5) is 39.0. The van der Waals surface area contributed by atoms with E-state index in [-0.39, 0.29) is 48.8 Å². The zero-order valence-corrected chi connectivity index (χ0v) is 18.2. The van der Waals surface area contributed by atoms with E-state index in [1.165, 1.54) is 6.07 Å². The van der Waals surface area contributed by atoms with Gasteiger partial charge in [0.05, 0.1) is 24.1 Å². The molecule has 170 valence electrons. The Morgan fingerprint density at radius 3 is 2.78 bits per heavy atom. The molecule has 1 aromatic heterocycles. The summed E-state index contributed by atoms with van der Waals surface area (Å²) in [7, 11) is 3.33.